The van der Waals surface area contributed by atoms with Gasteiger partial charge in [0, 0.05) is 5.71 Å². The van der Waals surface area contributed by atoms with Crippen molar-refractivity contribution in [1.82, 2.24) is 9.97 Å². The summed E-state index contributed by atoms with van der Waals surface area (Å²) < 4.78 is 0. The zero-order valence-corrected chi connectivity index (χ0v) is 6.80. The Labute approximate surface area is 68.6 Å². The maximum atomic E-state index is 11.1. The lowest BCUT2D eigenvalue weighted by Gasteiger charge is -2.00. The summed E-state index contributed by atoms with van der Waals surface area (Å²) in [4.78, 5) is 17.1. The molecule has 0 radical (unpaired) electrons. The van der Waals surface area contributed by atoms with Crippen molar-refractivity contribution in [2.75, 3.05) is 0 Å². The fourth-order valence-corrected chi connectivity index (χ4v) is 0.909. The van der Waals surface area contributed by atoms with Gasteiger partial charge >= 0.3 is 0 Å². The number of hydrogen-bond donors (Lipinski definition) is 3. The molecule has 1 rings (SSSR count). The second-order valence-corrected chi connectivity index (χ2v) is 2.47. The highest BCUT2D eigenvalue weighted by molar-refractivity contribution is 5.97. The van der Waals surface area contributed by atoms with Crippen LogP contribution in [0, 0.1) is 12.3 Å². The molecular formula is C7H9N3O2. The average Bonchev–Trinajstić information content (AvgIpc) is 1.82. The molecule has 0 fully saturated rings. The zero-order chi connectivity index (χ0) is 9.30. The Balaban J connectivity index is 3.49. The summed E-state index contributed by atoms with van der Waals surface area (Å²) in [6, 6.07) is 0. The molecule has 0 amide bonds. The van der Waals surface area contributed by atoms with E-state index in [9.17, 15) is 9.90 Å². The van der Waals surface area contributed by atoms with Gasteiger partial charge in [-0.05, 0) is 13.8 Å². The summed E-state index contributed by atoms with van der Waals surface area (Å²) in [6.07, 6.45) is 0. The smallest absolute Gasteiger partial charge is 0.263 e. The third-order valence-electron chi connectivity index (χ3n) is 1.39. The first-order valence-electron chi connectivity index (χ1n) is 3.37. The number of aromatic hydroxyl groups is 1. The maximum absolute atomic E-state index is 11.1. The van der Waals surface area contributed by atoms with Crippen molar-refractivity contribution in [1.29, 1.82) is 5.41 Å². The van der Waals surface area contributed by atoms with Crippen LogP contribution < -0.4 is 5.56 Å². The van der Waals surface area contributed by atoms with E-state index >= 15 is 0 Å². The summed E-state index contributed by atoms with van der Waals surface area (Å²) in [5.74, 6) is -0.0498. The normalized spacial score (nSPS) is 9.83. The maximum Gasteiger partial charge on any atom is 0.263 e. The molecule has 3 N–H and O–H groups in total. The number of hydrogen-bond acceptors (Lipinski definition) is 4. The standard InChI is InChI=1S/C7H9N3O2/c1-3(8)5-6(11)9-4(2)10-7(5)12/h8H,1-2H3,(H2,9,10,11,12). The molecule has 0 atom stereocenters. The predicted octanol–water partition coefficient (Wildman–Crippen LogP) is 0.172. The van der Waals surface area contributed by atoms with E-state index in [0.717, 1.165) is 0 Å². The molecule has 0 saturated carbocycles. The van der Waals surface area contributed by atoms with Gasteiger partial charge in [-0.15, -0.1) is 0 Å². The molecule has 0 aliphatic heterocycles. The number of aryl methyl sites for hydroxylation is 1. The van der Waals surface area contributed by atoms with Crippen LogP contribution in [0.15, 0.2) is 4.79 Å². The Kier molecular flexibility index (Phi) is 1.95. The van der Waals surface area contributed by atoms with Gasteiger partial charge in [-0.3, -0.25) is 4.79 Å². The van der Waals surface area contributed by atoms with Gasteiger partial charge in [0.1, 0.15) is 11.4 Å². The fourth-order valence-electron chi connectivity index (χ4n) is 0.909. The van der Waals surface area contributed by atoms with Gasteiger partial charge in [-0.25, -0.2) is 4.98 Å². The molecule has 0 spiro atoms. The lowest BCUT2D eigenvalue weighted by Crippen LogP contribution is -2.18. The second-order valence-electron chi connectivity index (χ2n) is 2.47. The first-order chi connectivity index (χ1) is 5.52. The fraction of sp³-hybridized carbons (Fsp3) is 0.286. The van der Waals surface area contributed by atoms with Crippen LogP contribution in [0.3, 0.4) is 0 Å². The van der Waals surface area contributed by atoms with E-state index in [0.29, 0.717) is 5.82 Å². The Morgan fingerprint density at radius 1 is 1.67 bits per heavy atom. The van der Waals surface area contributed by atoms with Crippen molar-refractivity contribution in [3.8, 4) is 5.88 Å². The molecule has 5 heteroatoms. The van der Waals surface area contributed by atoms with Crippen molar-refractivity contribution < 1.29 is 5.11 Å². The average molecular weight is 167 g/mol. The summed E-state index contributed by atoms with van der Waals surface area (Å²) >= 11 is 0. The van der Waals surface area contributed by atoms with Crippen LogP contribution in [0.5, 0.6) is 5.88 Å². The first-order valence-corrected chi connectivity index (χ1v) is 3.37. The number of H-pyrrole nitrogens is 1. The van der Waals surface area contributed by atoms with Gasteiger partial charge in [-0.2, -0.15) is 0 Å². The van der Waals surface area contributed by atoms with Gasteiger partial charge in [0.15, 0.2) is 0 Å². The summed E-state index contributed by atoms with van der Waals surface area (Å²) in [5, 5.41) is 16.3. The Morgan fingerprint density at radius 2 is 2.25 bits per heavy atom. The van der Waals surface area contributed by atoms with Crippen molar-refractivity contribution >= 4 is 5.71 Å². The van der Waals surface area contributed by atoms with Gasteiger partial charge in [0.25, 0.3) is 5.56 Å². The molecule has 0 aliphatic rings. The summed E-state index contributed by atoms with van der Waals surface area (Å²) in [5.41, 5.74) is -0.547. The number of nitrogens with zero attached hydrogens (tertiary/aromatic N) is 1. The van der Waals surface area contributed by atoms with E-state index in [1.807, 2.05) is 0 Å². The summed E-state index contributed by atoms with van der Waals surface area (Å²) in [6.45, 7) is 2.98. The number of nitrogens with one attached hydrogen (secondary N) is 2. The van der Waals surface area contributed by atoms with Crippen LogP contribution >= 0.6 is 0 Å². The minimum Gasteiger partial charge on any atom is -0.493 e. The molecule has 0 bridgehead atoms. The lowest BCUT2D eigenvalue weighted by molar-refractivity contribution is 0.447. The second kappa shape index (κ2) is 2.77. The minimum absolute atomic E-state index is 0.00116. The van der Waals surface area contributed by atoms with E-state index in [4.69, 9.17) is 5.41 Å². The molecule has 0 aromatic carbocycles. The Morgan fingerprint density at radius 3 is 2.67 bits per heavy atom. The van der Waals surface area contributed by atoms with E-state index in [1.165, 1.54) is 6.92 Å². The molecule has 0 unspecified atom stereocenters. The van der Waals surface area contributed by atoms with Crippen molar-refractivity contribution in [3.05, 3.63) is 21.7 Å². The van der Waals surface area contributed by atoms with Gasteiger partial charge < -0.3 is 15.5 Å². The van der Waals surface area contributed by atoms with Crippen molar-refractivity contribution in [3.63, 3.8) is 0 Å². The number of aromatic nitrogens is 2. The lowest BCUT2D eigenvalue weighted by atomic mass is 10.2. The van der Waals surface area contributed by atoms with Crippen LogP contribution in [0.2, 0.25) is 0 Å². The molecule has 1 heterocycles. The highest BCUT2D eigenvalue weighted by Crippen LogP contribution is 2.07. The topological polar surface area (TPSA) is 89.8 Å². The monoisotopic (exact) mass is 167 g/mol. The van der Waals surface area contributed by atoms with Crippen molar-refractivity contribution in [2.45, 2.75) is 13.8 Å². The molecule has 5 nitrogen and oxygen atoms in total. The van der Waals surface area contributed by atoms with Gasteiger partial charge in [-0.1, -0.05) is 0 Å². The van der Waals surface area contributed by atoms with Gasteiger partial charge in [0.2, 0.25) is 5.88 Å². The highest BCUT2D eigenvalue weighted by Gasteiger charge is 2.10. The number of aromatic amines is 1. The largest absolute Gasteiger partial charge is 0.493 e. The van der Waals surface area contributed by atoms with Crippen LogP contribution in [-0.4, -0.2) is 20.8 Å². The molecule has 64 valence electrons. The van der Waals surface area contributed by atoms with E-state index in [1.54, 1.807) is 6.92 Å². The van der Waals surface area contributed by atoms with Crippen LogP contribution in [0.4, 0.5) is 0 Å². The molecule has 0 aliphatic carbocycles. The molecule has 12 heavy (non-hydrogen) atoms. The van der Waals surface area contributed by atoms with Crippen LogP contribution in [0.25, 0.3) is 0 Å². The zero-order valence-electron chi connectivity index (χ0n) is 6.80. The van der Waals surface area contributed by atoms with E-state index in [-0.39, 0.29) is 17.2 Å². The SMILES string of the molecule is CC(=N)c1c(O)nc(C)[nH]c1=O. The van der Waals surface area contributed by atoms with E-state index in [2.05, 4.69) is 9.97 Å². The quantitative estimate of drug-likeness (QED) is 0.521. The third kappa shape index (κ3) is 1.34. The summed E-state index contributed by atoms with van der Waals surface area (Å²) in [7, 11) is 0. The Bertz CT molecular complexity index is 381. The highest BCUT2D eigenvalue weighted by atomic mass is 16.3. The minimum atomic E-state index is -0.479. The van der Waals surface area contributed by atoms with E-state index < -0.39 is 5.56 Å². The predicted molar refractivity (Wildman–Crippen MR) is 43.8 cm³/mol. The molecule has 0 saturated heterocycles. The molecular weight excluding hydrogens is 158 g/mol. The molecule has 1 aromatic rings. The first kappa shape index (κ1) is 8.45. The van der Waals surface area contributed by atoms with Crippen molar-refractivity contribution in [2.24, 2.45) is 0 Å². The third-order valence-corrected chi connectivity index (χ3v) is 1.39. The van der Waals surface area contributed by atoms with Crippen LogP contribution in [0.1, 0.15) is 18.3 Å². The Hall–Kier alpha value is -1.65. The number of rotatable bonds is 1. The van der Waals surface area contributed by atoms with Crippen LogP contribution in [-0.2, 0) is 0 Å². The molecule has 1 aromatic heterocycles. The van der Waals surface area contributed by atoms with Gasteiger partial charge in [0.05, 0.1) is 0 Å².